The molecule has 2 aliphatic rings. The quantitative estimate of drug-likeness (QED) is 0.800. The van der Waals surface area contributed by atoms with Crippen LogP contribution in [0.1, 0.15) is 30.1 Å². The molecule has 4 nitrogen and oxygen atoms in total. The van der Waals surface area contributed by atoms with Gasteiger partial charge in [-0.05, 0) is 42.2 Å². The molecular formula is C17H14N4S. The van der Waals surface area contributed by atoms with Gasteiger partial charge in [-0.2, -0.15) is 15.8 Å². The first-order chi connectivity index (χ1) is 10.7. The third-order valence-electron chi connectivity index (χ3n) is 4.77. The second-order valence-electron chi connectivity index (χ2n) is 5.74. The first-order valence-corrected chi connectivity index (χ1v) is 8.12. The highest BCUT2D eigenvalue weighted by Crippen LogP contribution is 2.55. The highest BCUT2D eigenvalue weighted by molar-refractivity contribution is 7.10. The van der Waals surface area contributed by atoms with Crippen LogP contribution in [-0.4, -0.2) is 5.71 Å². The van der Waals surface area contributed by atoms with E-state index in [1.54, 1.807) is 0 Å². The molecule has 0 unspecified atom stereocenters. The predicted octanol–water partition coefficient (Wildman–Crippen LogP) is 3.76. The van der Waals surface area contributed by atoms with Crippen LogP contribution in [0.4, 0.5) is 0 Å². The monoisotopic (exact) mass is 306 g/mol. The number of nitrogens with zero attached hydrogens (tertiary/aromatic N) is 3. The van der Waals surface area contributed by atoms with Gasteiger partial charge in [-0.3, -0.25) is 0 Å². The molecule has 1 aromatic rings. The lowest BCUT2D eigenvalue weighted by molar-refractivity contribution is 0.324. The Balaban J connectivity index is 2.25. The molecule has 0 radical (unpaired) electrons. The van der Waals surface area contributed by atoms with E-state index in [1.165, 1.54) is 11.3 Å². The molecule has 0 spiro atoms. The number of hydrogen-bond acceptors (Lipinski definition) is 5. The molecule has 2 aliphatic carbocycles. The molecule has 0 aliphatic heterocycles. The molecule has 1 N–H and O–H groups in total. The topological polar surface area (TPSA) is 95.2 Å². The highest BCUT2D eigenvalue weighted by Gasteiger charge is 2.57. The third-order valence-corrected chi connectivity index (χ3v) is 5.73. The standard InChI is InChI=1S/C17H14N4S/c18-8-13-11-4-1-2-5-12(11)15(14-6-3-7-22-14)17(9-19,10-20)16(13)21/h3-4,6-7,12-13,15,21H,1-2,5H2/t12-,13-,15-/m0/s1. The Bertz CT molecular complexity index is 740. The van der Waals surface area contributed by atoms with Crippen molar-refractivity contribution in [2.45, 2.75) is 25.2 Å². The van der Waals surface area contributed by atoms with Crippen molar-refractivity contribution in [2.24, 2.45) is 17.3 Å². The van der Waals surface area contributed by atoms with Gasteiger partial charge in [0.05, 0.1) is 23.9 Å². The van der Waals surface area contributed by atoms with Gasteiger partial charge < -0.3 is 5.41 Å². The molecule has 3 rings (SSSR count). The zero-order valence-corrected chi connectivity index (χ0v) is 12.7. The van der Waals surface area contributed by atoms with E-state index in [2.05, 4.69) is 24.3 Å². The Morgan fingerprint density at radius 2 is 2.05 bits per heavy atom. The lowest BCUT2D eigenvalue weighted by atomic mass is 9.54. The van der Waals surface area contributed by atoms with E-state index in [9.17, 15) is 15.8 Å². The van der Waals surface area contributed by atoms with Gasteiger partial charge in [0, 0.05) is 10.8 Å². The van der Waals surface area contributed by atoms with Gasteiger partial charge in [-0.15, -0.1) is 11.3 Å². The van der Waals surface area contributed by atoms with Crippen molar-refractivity contribution in [1.29, 1.82) is 21.2 Å². The maximum absolute atomic E-state index is 9.75. The summed E-state index contributed by atoms with van der Waals surface area (Å²) < 4.78 is 0. The fourth-order valence-corrected chi connectivity index (χ4v) is 4.74. The van der Waals surface area contributed by atoms with Crippen LogP contribution >= 0.6 is 11.3 Å². The number of rotatable bonds is 1. The first-order valence-electron chi connectivity index (χ1n) is 7.24. The van der Waals surface area contributed by atoms with Gasteiger partial charge >= 0.3 is 0 Å². The maximum Gasteiger partial charge on any atom is 0.190 e. The lowest BCUT2D eigenvalue weighted by Crippen LogP contribution is -2.48. The Morgan fingerprint density at radius 1 is 1.27 bits per heavy atom. The van der Waals surface area contributed by atoms with E-state index in [1.807, 2.05) is 17.5 Å². The summed E-state index contributed by atoms with van der Waals surface area (Å²) >= 11 is 1.52. The van der Waals surface area contributed by atoms with Gasteiger partial charge in [-0.1, -0.05) is 12.1 Å². The maximum atomic E-state index is 9.75. The van der Waals surface area contributed by atoms with Gasteiger partial charge in [0.25, 0.3) is 0 Å². The Labute approximate surface area is 133 Å². The minimum absolute atomic E-state index is 0.00505. The van der Waals surface area contributed by atoms with Crippen LogP contribution in [0.3, 0.4) is 0 Å². The van der Waals surface area contributed by atoms with E-state index < -0.39 is 11.3 Å². The minimum atomic E-state index is -1.54. The van der Waals surface area contributed by atoms with Crippen LogP contribution in [0, 0.1) is 56.7 Å². The highest BCUT2D eigenvalue weighted by atomic mass is 32.1. The fraction of sp³-hybridized carbons (Fsp3) is 0.412. The van der Waals surface area contributed by atoms with Gasteiger partial charge in [-0.25, -0.2) is 0 Å². The normalized spacial score (nSPS) is 29.4. The number of hydrogen-bond donors (Lipinski definition) is 1. The molecule has 1 saturated carbocycles. The van der Waals surface area contributed by atoms with E-state index in [0.717, 1.165) is 29.7 Å². The van der Waals surface area contributed by atoms with Crippen molar-refractivity contribution in [3.05, 3.63) is 34.0 Å². The Morgan fingerprint density at radius 3 is 2.64 bits per heavy atom. The van der Waals surface area contributed by atoms with Crippen LogP contribution in [0.2, 0.25) is 0 Å². The molecule has 108 valence electrons. The minimum Gasteiger partial charge on any atom is -0.305 e. The zero-order chi connectivity index (χ0) is 15.7. The summed E-state index contributed by atoms with van der Waals surface area (Å²) in [5.41, 5.74) is -0.647. The van der Waals surface area contributed by atoms with Crippen molar-refractivity contribution in [1.82, 2.24) is 0 Å². The van der Waals surface area contributed by atoms with Crippen molar-refractivity contribution in [3.63, 3.8) is 0 Å². The van der Waals surface area contributed by atoms with Crippen molar-refractivity contribution in [2.75, 3.05) is 0 Å². The Hall–Kier alpha value is -2.42. The van der Waals surface area contributed by atoms with Gasteiger partial charge in [0.2, 0.25) is 0 Å². The fourth-order valence-electron chi connectivity index (χ4n) is 3.78. The van der Waals surface area contributed by atoms with E-state index in [-0.39, 0.29) is 17.5 Å². The summed E-state index contributed by atoms with van der Waals surface area (Å²) in [7, 11) is 0. The molecule has 1 fully saturated rings. The van der Waals surface area contributed by atoms with E-state index in [0.29, 0.717) is 0 Å². The van der Waals surface area contributed by atoms with Crippen LogP contribution in [-0.2, 0) is 0 Å². The summed E-state index contributed by atoms with van der Waals surface area (Å²) in [5.74, 6) is -1.07. The van der Waals surface area contributed by atoms with Crippen LogP contribution in [0.25, 0.3) is 0 Å². The molecule has 22 heavy (non-hydrogen) atoms. The molecule has 0 bridgehead atoms. The average Bonchev–Trinajstić information content (AvgIpc) is 3.08. The first kappa shape index (κ1) is 14.5. The molecule has 1 aromatic heterocycles. The Kier molecular flexibility index (Phi) is 3.57. The van der Waals surface area contributed by atoms with Crippen molar-refractivity contribution >= 4 is 17.0 Å². The predicted molar refractivity (Wildman–Crippen MR) is 83.0 cm³/mol. The summed E-state index contributed by atoms with van der Waals surface area (Å²) in [4.78, 5) is 0.960. The third kappa shape index (κ3) is 1.82. The molecular weight excluding hydrogens is 292 g/mol. The molecule has 0 saturated heterocycles. The summed E-state index contributed by atoms with van der Waals surface area (Å²) in [6.07, 6.45) is 4.82. The molecule has 3 atom stereocenters. The molecule has 0 aromatic carbocycles. The lowest BCUT2D eigenvalue weighted by Gasteiger charge is -2.45. The van der Waals surface area contributed by atoms with Crippen LogP contribution in [0.5, 0.6) is 0 Å². The van der Waals surface area contributed by atoms with E-state index in [4.69, 9.17) is 5.41 Å². The second-order valence-corrected chi connectivity index (χ2v) is 6.72. The average molecular weight is 306 g/mol. The summed E-state index contributed by atoms with van der Waals surface area (Å²) in [6, 6.07) is 10.2. The van der Waals surface area contributed by atoms with Crippen LogP contribution < -0.4 is 0 Å². The smallest absolute Gasteiger partial charge is 0.190 e. The van der Waals surface area contributed by atoms with Crippen molar-refractivity contribution in [3.8, 4) is 18.2 Å². The van der Waals surface area contributed by atoms with Crippen LogP contribution in [0.15, 0.2) is 29.2 Å². The summed E-state index contributed by atoms with van der Waals surface area (Å²) in [6.45, 7) is 0. The number of fused-ring (bicyclic) bond motifs is 1. The second kappa shape index (κ2) is 5.41. The zero-order valence-electron chi connectivity index (χ0n) is 11.9. The molecule has 1 heterocycles. The molecule has 0 amide bonds. The molecule has 5 heteroatoms. The van der Waals surface area contributed by atoms with Crippen molar-refractivity contribution < 1.29 is 0 Å². The SMILES string of the molecule is N#C[C@@H]1C(=N)C(C#N)(C#N)[C@H](c2cccs2)[C@H]2CCCC=C12. The largest absolute Gasteiger partial charge is 0.305 e. The van der Waals surface area contributed by atoms with Gasteiger partial charge in [0.1, 0.15) is 5.92 Å². The summed E-state index contributed by atoms with van der Waals surface area (Å²) in [5, 5.41) is 39.3. The number of thiophene rings is 1. The number of nitriles is 3. The number of allylic oxidation sites excluding steroid dienone is 2. The number of nitrogens with one attached hydrogen (secondary N) is 1. The van der Waals surface area contributed by atoms with Gasteiger partial charge in [0.15, 0.2) is 5.41 Å². The van der Waals surface area contributed by atoms with E-state index >= 15 is 0 Å².